The summed E-state index contributed by atoms with van der Waals surface area (Å²) in [5.74, 6) is 1.40. The highest BCUT2D eigenvalue weighted by molar-refractivity contribution is 5.79. The van der Waals surface area contributed by atoms with Gasteiger partial charge in [-0.15, -0.1) is 0 Å². The van der Waals surface area contributed by atoms with Gasteiger partial charge in [0.2, 0.25) is 5.88 Å². The average Bonchev–Trinajstić information content (AvgIpc) is 3.23. The predicted molar refractivity (Wildman–Crippen MR) is 106 cm³/mol. The fraction of sp³-hybridized carbons (Fsp3) is 0.250. The van der Waals surface area contributed by atoms with Crippen LogP contribution in [0.5, 0.6) is 11.6 Å². The number of nitrogens with one attached hydrogen (secondary N) is 2. The van der Waals surface area contributed by atoms with E-state index in [9.17, 15) is 4.39 Å². The minimum atomic E-state index is -0.304. The highest BCUT2D eigenvalue weighted by Crippen LogP contribution is 2.20. The number of aromatic nitrogens is 3. The number of pyridine rings is 1. The monoisotopic (exact) mass is 382 g/mol. The summed E-state index contributed by atoms with van der Waals surface area (Å²) in [4.78, 5) is 8.42. The van der Waals surface area contributed by atoms with Gasteiger partial charge in [0.05, 0.1) is 0 Å². The summed E-state index contributed by atoms with van der Waals surface area (Å²) in [6, 6.07) is 11.5. The topological polar surface area (TPSA) is 76.4 Å². The summed E-state index contributed by atoms with van der Waals surface area (Å²) in [5.41, 5.74) is 0.992. The number of hydrogen-bond donors (Lipinski definition) is 2. The van der Waals surface area contributed by atoms with E-state index in [2.05, 4.69) is 25.7 Å². The Morgan fingerprint density at radius 2 is 2.04 bits per heavy atom. The predicted octanol–water partition coefficient (Wildman–Crippen LogP) is 2.96. The first kappa shape index (κ1) is 19.3. The van der Waals surface area contributed by atoms with Crippen molar-refractivity contribution < 1.29 is 9.13 Å². The molecule has 2 aromatic heterocycles. The second-order valence-electron chi connectivity index (χ2n) is 6.03. The summed E-state index contributed by atoms with van der Waals surface area (Å²) in [7, 11) is 1.73. The molecule has 1 aromatic carbocycles. The number of aliphatic imine (C=N–C) groups is 1. The van der Waals surface area contributed by atoms with Crippen molar-refractivity contribution in [2.75, 3.05) is 13.6 Å². The lowest BCUT2D eigenvalue weighted by molar-refractivity contribution is 0.460. The molecule has 7 nitrogen and oxygen atoms in total. The van der Waals surface area contributed by atoms with E-state index >= 15 is 0 Å². The molecule has 0 aliphatic carbocycles. The first-order valence-corrected chi connectivity index (χ1v) is 9.03. The summed E-state index contributed by atoms with van der Waals surface area (Å²) < 4.78 is 20.5. The SMILES string of the molecule is CN=C(NCCCn1cccn1)NCc1ccnc(Oc2ccc(F)cc2)c1. The minimum Gasteiger partial charge on any atom is -0.439 e. The highest BCUT2D eigenvalue weighted by Gasteiger charge is 2.03. The molecule has 0 bridgehead atoms. The molecule has 0 radical (unpaired) electrons. The van der Waals surface area contributed by atoms with Crippen LogP contribution in [0.4, 0.5) is 4.39 Å². The molecular formula is C20H23FN6O. The van der Waals surface area contributed by atoms with Crippen molar-refractivity contribution in [3.8, 4) is 11.6 Å². The maximum absolute atomic E-state index is 13.0. The first-order chi connectivity index (χ1) is 13.7. The van der Waals surface area contributed by atoms with Crippen molar-refractivity contribution in [2.45, 2.75) is 19.5 Å². The second kappa shape index (κ2) is 10.1. The minimum absolute atomic E-state index is 0.304. The molecule has 28 heavy (non-hydrogen) atoms. The van der Waals surface area contributed by atoms with Crippen LogP contribution in [-0.4, -0.2) is 34.3 Å². The highest BCUT2D eigenvalue weighted by atomic mass is 19.1. The van der Waals surface area contributed by atoms with Crippen LogP contribution in [0, 0.1) is 5.82 Å². The van der Waals surface area contributed by atoms with Gasteiger partial charge in [-0.05, 0) is 48.4 Å². The Balaban J connectivity index is 1.45. The van der Waals surface area contributed by atoms with Crippen molar-refractivity contribution >= 4 is 5.96 Å². The van der Waals surface area contributed by atoms with E-state index in [4.69, 9.17) is 4.74 Å². The number of nitrogens with zero attached hydrogens (tertiary/aromatic N) is 4. The summed E-state index contributed by atoms with van der Waals surface area (Å²) in [6.07, 6.45) is 6.34. The largest absolute Gasteiger partial charge is 0.439 e. The molecule has 146 valence electrons. The van der Waals surface area contributed by atoms with Crippen molar-refractivity contribution in [3.63, 3.8) is 0 Å². The van der Waals surface area contributed by atoms with Gasteiger partial charge in [0, 0.05) is 51.3 Å². The smallest absolute Gasteiger partial charge is 0.219 e. The van der Waals surface area contributed by atoms with Gasteiger partial charge in [-0.2, -0.15) is 5.10 Å². The third-order valence-corrected chi connectivity index (χ3v) is 3.93. The molecule has 0 saturated carbocycles. The Bertz CT molecular complexity index is 880. The van der Waals surface area contributed by atoms with Gasteiger partial charge in [0.25, 0.3) is 0 Å². The molecule has 0 saturated heterocycles. The second-order valence-corrected chi connectivity index (χ2v) is 6.03. The van der Waals surface area contributed by atoms with Crippen LogP contribution in [0.3, 0.4) is 0 Å². The number of rotatable bonds is 8. The fourth-order valence-electron chi connectivity index (χ4n) is 2.53. The number of hydrogen-bond acceptors (Lipinski definition) is 4. The number of ether oxygens (including phenoxy) is 1. The van der Waals surface area contributed by atoms with Gasteiger partial charge in [-0.3, -0.25) is 9.67 Å². The lowest BCUT2D eigenvalue weighted by Gasteiger charge is -2.12. The standard InChI is InChI=1S/C20H23FN6O/c1-22-20(24-9-2-12-27-13-3-10-26-27)25-15-16-8-11-23-19(14-16)28-18-6-4-17(21)5-7-18/h3-8,10-11,13-14H,2,9,12,15H2,1H3,(H2,22,24,25). The molecule has 2 N–H and O–H groups in total. The molecule has 0 amide bonds. The van der Waals surface area contributed by atoms with Crippen molar-refractivity contribution in [1.29, 1.82) is 0 Å². The number of aryl methyl sites for hydroxylation is 1. The Morgan fingerprint density at radius 3 is 2.79 bits per heavy atom. The zero-order valence-electron chi connectivity index (χ0n) is 15.7. The van der Waals surface area contributed by atoms with Crippen molar-refractivity contribution in [3.05, 3.63) is 72.4 Å². The summed E-state index contributed by atoms with van der Waals surface area (Å²) in [5, 5.41) is 10.7. The molecule has 0 unspecified atom stereocenters. The van der Waals surface area contributed by atoms with Crippen LogP contribution in [0.15, 0.2) is 66.0 Å². The van der Waals surface area contributed by atoms with Crippen LogP contribution >= 0.6 is 0 Å². The normalized spacial score (nSPS) is 11.3. The lowest BCUT2D eigenvalue weighted by atomic mass is 10.2. The van der Waals surface area contributed by atoms with Crippen molar-refractivity contribution in [1.82, 2.24) is 25.4 Å². The molecule has 0 fully saturated rings. The molecule has 8 heteroatoms. The van der Waals surface area contributed by atoms with Crippen LogP contribution in [0.2, 0.25) is 0 Å². The number of benzene rings is 1. The van der Waals surface area contributed by atoms with Gasteiger partial charge in [0.1, 0.15) is 11.6 Å². The van der Waals surface area contributed by atoms with Crippen LogP contribution in [-0.2, 0) is 13.1 Å². The molecule has 0 aliphatic heterocycles. The third-order valence-electron chi connectivity index (χ3n) is 3.93. The van der Waals surface area contributed by atoms with Gasteiger partial charge in [-0.25, -0.2) is 9.37 Å². The van der Waals surface area contributed by atoms with E-state index < -0.39 is 0 Å². The quantitative estimate of drug-likeness (QED) is 0.356. The molecule has 3 aromatic rings. The molecule has 0 aliphatic rings. The average molecular weight is 382 g/mol. The number of halogens is 1. The van der Waals surface area contributed by atoms with Gasteiger partial charge >= 0.3 is 0 Å². The van der Waals surface area contributed by atoms with Gasteiger partial charge < -0.3 is 15.4 Å². The van der Waals surface area contributed by atoms with Crippen LogP contribution in [0.25, 0.3) is 0 Å². The first-order valence-electron chi connectivity index (χ1n) is 9.03. The zero-order valence-corrected chi connectivity index (χ0v) is 15.7. The third kappa shape index (κ3) is 6.08. The van der Waals surface area contributed by atoms with Crippen LogP contribution < -0.4 is 15.4 Å². The van der Waals surface area contributed by atoms with Gasteiger partial charge in [0.15, 0.2) is 5.96 Å². The van der Waals surface area contributed by atoms with E-state index in [1.54, 1.807) is 31.6 Å². The fourth-order valence-corrected chi connectivity index (χ4v) is 2.53. The molecular weight excluding hydrogens is 359 g/mol. The van der Waals surface area contributed by atoms with E-state index in [1.165, 1.54) is 12.1 Å². The Morgan fingerprint density at radius 1 is 1.18 bits per heavy atom. The van der Waals surface area contributed by atoms with E-state index in [-0.39, 0.29) is 5.82 Å². The Kier molecular flexibility index (Phi) is 6.95. The number of guanidine groups is 1. The molecule has 0 atom stereocenters. The maximum Gasteiger partial charge on any atom is 0.219 e. The maximum atomic E-state index is 13.0. The zero-order chi connectivity index (χ0) is 19.6. The van der Waals surface area contributed by atoms with Gasteiger partial charge in [-0.1, -0.05) is 0 Å². The lowest BCUT2D eigenvalue weighted by Crippen LogP contribution is -2.37. The van der Waals surface area contributed by atoms with Crippen molar-refractivity contribution in [2.24, 2.45) is 4.99 Å². The van der Waals surface area contributed by atoms with E-state index in [0.717, 1.165) is 31.0 Å². The Hall–Kier alpha value is -3.42. The summed E-state index contributed by atoms with van der Waals surface area (Å²) in [6.45, 7) is 2.21. The molecule has 0 spiro atoms. The molecule has 3 rings (SSSR count). The van der Waals surface area contributed by atoms with E-state index in [1.807, 2.05) is 29.1 Å². The Labute approximate surface area is 163 Å². The van der Waals surface area contributed by atoms with E-state index in [0.29, 0.717) is 18.2 Å². The molecule has 2 heterocycles. The summed E-state index contributed by atoms with van der Waals surface area (Å²) >= 11 is 0. The van der Waals surface area contributed by atoms with Crippen LogP contribution in [0.1, 0.15) is 12.0 Å².